The molecule has 0 atom stereocenters. The van der Waals surface area contributed by atoms with Gasteiger partial charge in [0.1, 0.15) is 11.3 Å². The highest BCUT2D eigenvalue weighted by Gasteiger charge is 2.16. The van der Waals surface area contributed by atoms with Gasteiger partial charge in [0, 0.05) is 18.1 Å². The van der Waals surface area contributed by atoms with Gasteiger partial charge in [-0.3, -0.25) is 4.79 Å². The van der Waals surface area contributed by atoms with E-state index in [0.29, 0.717) is 33.5 Å². The first-order chi connectivity index (χ1) is 12.4. The standard InChI is InChI=1S/C20H16Cl2O4/c1-11(2)7-8-25-13-4-5-14-17(10-13)26-20(19(24)18(14)23)12-3-6-15(21)16(22)9-12/h3-6,9-10,24H,1,7-8H2,2H3. The smallest absolute Gasteiger partial charge is 0.235 e. The normalized spacial score (nSPS) is 10.9. The van der Waals surface area contributed by atoms with Gasteiger partial charge in [0.05, 0.1) is 22.0 Å². The van der Waals surface area contributed by atoms with Crippen LogP contribution in [0.4, 0.5) is 0 Å². The maximum absolute atomic E-state index is 12.5. The second-order valence-corrected chi connectivity index (χ2v) is 6.77. The lowest BCUT2D eigenvalue weighted by atomic mass is 10.1. The Morgan fingerprint density at radius 3 is 2.65 bits per heavy atom. The molecule has 26 heavy (non-hydrogen) atoms. The second kappa shape index (κ2) is 7.44. The molecule has 1 aromatic heterocycles. The Morgan fingerprint density at radius 1 is 1.19 bits per heavy atom. The van der Waals surface area contributed by atoms with Crippen molar-refractivity contribution in [3.63, 3.8) is 0 Å². The van der Waals surface area contributed by atoms with Crippen LogP contribution in [0, 0.1) is 0 Å². The van der Waals surface area contributed by atoms with Crippen LogP contribution in [-0.2, 0) is 0 Å². The van der Waals surface area contributed by atoms with Crippen LogP contribution in [0.15, 0.2) is 57.8 Å². The van der Waals surface area contributed by atoms with Crippen LogP contribution in [0.25, 0.3) is 22.3 Å². The van der Waals surface area contributed by atoms with Gasteiger partial charge in [-0.2, -0.15) is 0 Å². The van der Waals surface area contributed by atoms with Gasteiger partial charge in [0.25, 0.3) is 0 Å². The second-order valence-electron chi connectivity index (χ2n) is 5.95. The SMILES string of the molecule is C=C(C)CCOc1ccc2c(=O)c(O)c(-c3ccc(Cl)c(Cl)c3)oc2c1. The van der Waals surface area contributed by atoms with Crippen LogP contribution in [0.1, 0.15) is 13.3 Å². The maximum atomic E-state index is 12.5. The van der Waals surface area contributed by atoms with E-state index in [1.54, 1.807) is 30.3 Å². The number of rotatable bonds is 5. The molecule has 0 saturated carbocycles. The van der Waals surface area contributed by atoms with Crippen molar-refractivity contribution in [2.24, 2.45) is 0 Å². The summed E-state index contributed by atoms with van der Waals surface area (Å²) >= 11 is 11.9. The van der Waals surface area contributed by atoms with Crippen LogP contribution < -0.4 is 10.2 Å². The highest BCUT2D eigenvalue weighted by molar-refractivity contribution is 6.42. The minimum Gasteiger partial charge on any atom is -0.502 e. The van der Waals surface area contributed by atoms with Gasteiger partial charge in [0.2, 0.25) is 11.2 Å². The monoisotopic (exact) mass is 390 g/mol. The topological polar surface area (TPSA) is 59.7 Å². The summed E-state index contributed by atoms with van der Waals surface area (Å²) in [5, 5.41) is 11.2. The van der Waals surface area contributed by atoms with Crippen molar-refractivity contribution in [3.05, 3.63) is 68.8 Å². The molecule has 4 nitrogen and oxygen atoms in total. The molecule has 0 radical (unpaired) electrons. The lowest BCUT2D eigenvalue weighted by molar-refractivity contribution is 0.321. The summed E-state index contributed by atoms with van der Waals surface area (Å²) in [7, 11) is 0. The lowest BCUT2D eigenvalue weighted by Crippen LogP contribution is -2.03. The summed E-state index contributed by atoms with van der Waals surface area (Å²) < 4.78 is 11.4. The molecule has 6 heteroatoms. The number of benzene rings is 2. The molecular weight excluding hydrogens is 375 g/mol. The summed E-state index contributed by atoms with van der Waals surface area (Å²) in [5.41, 5.74) is 1.25. The van der Waals surface area contributed by atoms with Crippen molar-refractivity contribution in [2.45, 2.75) is 13.3 Å². The number of halogens is 2. The van der Waals surface area contributed by atoms with Crippen LogP contribution >= 0.6 is 23.2 Å². The molecule has 0 saturated heterocycles. The Morgan fingerprint density at radius 2 is 1.96 bits per heavy atom. The summed E-state index contributed by atoms with van der Waals surface area (Å²) in [6.07, 6.45) is 0.728. The number of ether oxygens (including phenoxy) is 1. The van der Waals surface area contributed by atoms with E-state index in [9.17, 15) is 9.90 Å². The minimum atomic E-state index is -0.527. The fourth-order valence-electron chi connectivity index (χ4n) is 2.43. The fourth-order valence-corrected chi connectivity index (χ4v) is 2.73. The molecule has 0 aliphatic carbocycles. The van der Waals surface area contributed by atoms with E-state index >= 15 is 0 Å². The molecule has 1 heterocycles. The number of hydrogen-bond donors (Lipinski definition) is 1. The van der Waals surface area contributed by atoms with Crippen LogP contribution in [0.3, 0.4) is 0 Å². The first-order valence-corrected chi connectivity index (χ1v) is 8.65. The highest BCUT2D eigenvalue weighted by Crippen LogP contribution is 2.34. The van der Waals surface area contributed by atoms with Crippen molar-refractivity contribution in [1.29, 1.82) is 0 Å². The molecule has 1 N–H and O–H groups in total. The van der Waals surface area contributed by atoms with Gasteiger partial charge in [0.15, 0.2) is 5.76 Å². The summed E-state index contributed by atoms with van der Waals surface area (Å²) in [4.78, 5) is 12.5. The third-order valence-corrected chi connectivity index (χ3v) is 4.56. The molecule has 3 rings (SSSR count). The zero-order valence-corrected chi connectivity index (χ0v) is 15.5. The number of hydrogen-bond acceptors (Lipinski definition) is 4. The van der Waals surface area contributed by atoms with Gasteiger partial charge in [-0.25, -0.2) is 0 Å². The summed E-state index contributed by atoms with van der Waals surface area (Å²) in [5.74, 6) is 0.111. The first kappa shape index (κ1) is 18.4. The summed E-state index contributed by atoms with van der Waals surface area (Å²) in [6.45, 7) is 6.23. The molecule has 0 aliphatic heterocycles. The molecule has 0 aliphatic rings. The van der Waals surface area contributed by atoms with E-state index in [-0.39, 0.29) is 11.1 Å². The highest BCUT2D eigenvalue weighted by atomic mass is 35.5. The zero-order chi connectivity index (χ0) is 18.8. The van der Waals surface area contributed by atoms with Gasteiger partial charge < -0.3 is 14.3 Å². The van der Waals surface area contributed by atoms with E-state index in [1.807, 2.05) is 6.92 Å². The molecule has 0 spiro atoms. The molecule has 0 fully saturated rings. The Kier molecular flexibility index (Phi) is 5.25. The average molecular weight is 391 g/mol. The van der Waals surface area contributed by atoms with Crippen molar-refractivity contribution in [1.82, 2.24) is 0 Å². The Labute approximate surface area is 160 Å². The molecule has 0 unspecified atom stereocenters. The van der Waals surface area contributed by atoms with Gasteiger partial charge in [-0.15, -0.1) is 6.58 Å². The lowest BCUT2D eigenvalue weighted by Gasteiger charge is -2.09. The first-order valence-electron chi connectivity index (χ1n) is 7.89. The van der Waals surface area contributed by atoms with Gasteiger partial charge in [-0.05, 0) is 37.3 Å². The number of aromatic hydroxyl groups is 1. The van der Waals surface area contributed by atoms with E-state index in [1.165, 1.54) is 6.07 Å². The predicted octanol–water partition coefficient (Wildman–Crippen LogP) is 5.82. The van der Waals surface area contributed by atoms with Crippen LogP contribution in [0.5, 0.6) is 11.5 Å². The quantitative estimate of drug-likeness (QED) is 0.557. The van der Waals surface area contributed by atoms with Gasteiger partial charge >= 0.3 is 0 Å². The molecular formula is C20H16Cl2O4. The predicted molar refractivity (Wildman–Crippen MR) is 105 cm³/mol. The van der Waals surface area contributed by atoms with Crippen molar-refractivity contribution in [2.75, 3.05) is 6.61 Å². The van der Waals surface area contributed by atoms with Crippen LogP contribution in [-0.4, -0.2) is 11.7 Å². The minimum absolute atomic E-state index is 0.0279. The van der Waals surface area contributed by atoms with Crippen molar-refractivity contribution >= 4 is 34.2 Å². The van der Waals surface area contributed by atoms with E-state index in [0.717, 1.165) is 12.0 Å². The van der Waals surface area contributed by atoms with Crippen molar-refractivity contribution < 1.29 is 14.3 Å². The third kappa shape index (κ3) is 3.71. The molecule has 134 valence electrons. The third-order valence-electron chi connectivity index (χ3n) is 3.82. The van der Waals surface area contributed by atoms with E-state index < -0.39 is 11.2 Å². The van der Waals surface area contributed by atoms with E-state index in [2.05, 4.69) is 6.58 Å². The van der Waals surface area contributed by atoms with Crippen molar-refractivity contribution in [3.8, 4) is 22.8 Å². The summed E-state index contributed by atoms with van der Waals surface area (Å²) in [6, 6.07) is 9.56. The Bertz CT molecular complexity index is 1050. The number of fused-ring (bicyclic) bond motifs is 1. The van der Waals surface area contributed by atoms with Crippen LogP contribution in [0.2, 0.25) is 10.0 Å². The average Bonchev–Trinajstić information content (AvgIpc) is 2.60. The maximum Gasteiger partial charge on any atom is 0.235 e. The van der Waals surface area contributed by atoms with Gasteiger partial charge in [-0.1, -0.05) is 28.8 Å². The molecule has 0 bridgehead atoms. The Balaban J connectivity index is 2.06. The fraction of sp³-hybridized carbons (Fsp3) is 0.150. The molecule has 0 amide bonds. The zero-order valence-electron chi connectivity index (χ0n) is 14.0. The van der Waals surface area contributed by atoms with E-state index in [4.69, 9.17) is 32.4 Å². The largest absolute Gasteiger partial charge is 0.502 e. The Hall–Kier alpha value is -2.43. The molecule has 3 aromatic rings. The molecule has 2 aromatic carbocycles.